The van der Waals surface area contributed by atoms with E-state index in [1.807, 2.05) is 0 Å². The van der Waals surface area contributed by atoms with E-state index in [4.69, 9.17) is 26.6 Å². The third-order valence-corrected chi connectivity index (χ3v) is 4.37. The van der Waals surface area contributed by atoms with Gasteiger partial charge in [0.2, 0.25) is 0 Å². The largest absolute Gasteiger partial charge is 0.478 e. The molecule has 0 spiro atoms. The van der Waals surface area contributed by atoms with Gasteiger partial charge in [-0.2, -0.15) is 0 Å². The maximum absolute atomic E-state index is 13.4. The lowest BCUT2D eigenvalue weighted by Crippen LogP contribution is -2.15. The van der Waals surface area contributed by atoms with Crippen molar-refractivity contribution < 1.29 is 32.6 Å². The minimum Gasteiger partial charge on any atom is -0.478 e. The van der Waals surface area contributed by atoms with Crippen LogP contribution in [0.3, 0.4) is 0 Å². The first-order chi connectivity index (χ1) is 9.29. The molecule has 112 valence electrons. The number of halogens is 2. The summed E-state index contributed by atoms with van der Waals surface area (Å²) in [6.45, 7) is -0.473. The van der Waals surface area contributed by atoms with E-state index in [1.54, 1.807) is 0 Å². The number of benzene rings is 1. The van der Waals surface area contributed by atoms with Gasteiger partial charge in [0.25, 0.3) is 0 Å². The fourth-order valence-corrected chi connectivity index (χ4v) is 2.70. The maximum atomic E-state index is 13.4. The number of aliphatic hydroxyl groups excluding tert-OH is 1. The zero-order chi connectivity index (χ0) is 15.3. The molecule has 0 aliphatic carbocycles. The number of sulfone groups is 1. The Labute approximate surface area is 119 Å². The first-order valence-electron chi connectivity index (χ1n) is 5.43. The maximum Gasteiger partial charge on any atom is 0.337 e. The number of ether oxygens (including phenoxy) is 1. The third-order valence-electron chi connectivity index (χ3n) is 2.32. The van der Waals surface area contributed by atoms with Crippen LogP contribution in [0, 0.1) is 5.82 Å². The first-order valence-corrected chi connectivity index (χ1v) is 7.46. The summed E-state index contributed by atoms with van der Waals surface area (Å²) in [4.78, 5) is 10.4. The molecule has 0 heterocycles. The van der Waals surface area contributed by atoms with E-state index < -0.39 is 42.9 Å². The molecule has 0 fully saturated rings. The minimum atomic E-state index is -3.90. The Hall–Kier alpha value is -1.22. The van der Waals surface area contributed by atoms with Gasteiger partial charge in [0.1, 0.15) is 5.82 Å². The van der Waals surface area contributed by atoms with Crippen molar-refractivity contribution >= 4 is 27.4 Å². The quantitative estimate of drug-likeness (QED) is 0.724. The van der Waals surface area contributed by atoms with Gasteiger partial charge in [0.15, 0.2) is 9.84 Å². The minimum absolute atomic E-state index is 0.0229. The molecule has 0 atom stereocenters. The van der Waals surface area contributed by atoms with Crippen LogP contribution in [-0.2, 0) is 14.6 Å². The molecule has 0 amide bonds. The number of rotatable bonds is 7. The van der Waals surface area contributed by atoms with Crippen LogP contribution in [0.5, 0.6) is 0 Å². The van der Waals surface area contributed by atoms with E-state index in [1.165, 1.54) is 0 Å². The number of hydrogen-bond donors (Lipinski definition) is 2. The summed E-state index contributed by atoms with van der Waals surface area (Å²) < 4.78 is 42.0. The van der Waals surface area contributed by atoms with Gasteiger partial charge in [-0.05, 0) is 12.1 Å². The molecule has 6 nitrogen and oxygen atoms in total. The first kappa shape index (κ1) is 16.8. The zero-order valence-corrected chi connectivity index (χ0v) is 11.7. The van der Waals surface area contributed by atoms with Crippen molar-refractivity contribution in [2.24, 2.45) is 0 Å². The van der Waals surface area contributed by atoms with Crippen LogP contribution in [0.1, 0.15) is 10.4 Å². The molecule has 0 aliphatic rings. The van der Waals surface area contributed by atoms with Crippen molar-refractivity contribution in [2.75, 3.05) is 25.6 Å². The highest BCUT2D eigenvalue weighted by Gasteiger charge is 2.21. The fraction of sp³-hybridized carbons (Fsp3) is 0.364. The second-order valence-corrected chi connectivity index (χ2v) is 6.21. The number of aromatic carboxylic acids is 1. The number of carboxylic acids is 1. The Morgan fingerprint density at radius 2 is 2.00 bits per heavy atom. The summed E-state index contributed by atoms with van der Waals surface area (Å²) in [7, 11) is -3.90. The lowest BCUT2D eigenvalue weighted by molar-refractivity contribution is 0.0696. The number of carbonyl (C=O) groups is 1. The molecular formula is C11H12ClFO6S. The van der Waals surface area contributed by atoms with Crippen LogP contribution >= 0.6 is 11.6 Å². The lowest BCUT2D eigenvalue weighted by atomic mass is 10.2. The van der Waals surface area contributed by atoms with Gasteiger partial charge in [-0.1, -0.05) is 11.6 Å². The summed E-state index contributed by atoms with van der Waals surface area (Å²) in [5.74, 6) is -3.11. The van der Waals surface area contributed by atoms with Gasteiger partial charge in [-0.3, -0.25) is 0 Å². The summed E-state index contributed by atoms with van der Waals surface area (Å²) in [5.41, 5.74) is -0.624. The van der Waals surface area contributed by atoms with Crippen LogP contribution in [0.15, 0.2) is 17.0 Å². The molecule has 2 N–H and O–H groups in total. The van der Waals surface area contributed by atoms with Crippen molar-refractivity contribution in [3.63, 3.8) is 0 Å². The predicted octanol–water partition coefficient (Wildman–Crippen LogP) is 0.960. The monoisotopic (exact) mass is 326 g/mol. The number of aliphatic hydroxyl groups is 1. The van der Waals surface area contributed by atoms with E-state index >= 15 is 0 Å². The third kappa shape index (κ3) is 4.14. The van der Waals surface area contributed by atoms with Crippen LogP contribution in [-0.4, -0.2) is 50.2 Å². The Bertz CT molecular complexity index is 601. The molecule has 20 heavy (non-hydrogen) atoms. The molecule has 1 aromatic rings. The van der Waals surface area contributed by atoms with Crippen LogP contribution < -0.4 is 0 Å². The van der Waals surface area contributed by atoms with Crippen LogP contribution in [0.25, 0.3) is 0 Å². The highest BCUT2D eigenvalue weighted by Crippen LogP contribution is 2.25. The molecule has 0 unspecified atom stereocenters. The average Bonchev–Trinajstić information content (AvgIpc) is 2.37. The highest BCUT2D eigenvalue weighted by molar-refractivity contribution is 7.91. The smallest absolute Gasteiger partial charge is 0.337 e. The molecular weight excluding hydrogens is 315 g/mol. The SMILES string of the molecule is O=C(O)c1cc(S(=O)(=O)CCOCCO)cc(F)c1Cl. The van der Waals surface area contributed by atoms with Gasteiger partial charge in [0, 0.05) is 0 Å². The van der Waals surface area contributed by atoms with Crippen molar-refractivity contribution in [3.8, 4) is 0 Å². The van der Waals surface area contributed by atoms with Crippen molar-refractivity contribution in [3.05, 3.63) is 28.5 Å². The molecule has 1 rings (SSSR count). The Morgan fingerprint density at radius 3 is 2.55 bits per heavy atom. The van der Waals surface area contributed by atoms with Crippen LogP contribution in [0.2, 0.25) is 5.02 Å². The summed E-state index contributed by atoms with van der Waals surface area (Å²) in [6, 6.07) is 1.46. The van der Waals surface area contributed by atoms with Gasteiger partial charge in [0.05, 0.1) is 41.1 Å². The van der Waals surface area contributed by atoms with Gasteiger partial charge in [-0.15, -0.1) is 0 Å². The predicted molar refractivity (Wildman–Crippen MR) is 68.3 cm³/mol. The van der Waals surface area contributed by atoms with E-state index in [9.17, 15) is 17.6 Å². The molecule has 0 radical (unpaired) electrons. The van der Waals surface area contributed by atoms with E-state index in [-0.39, 0.29) is 19.8 Å². The fourth-order valence-electron chi connectivity index (χ4n) is 1.35. The Kier molecular flexibility index (Phi) is 5.88. The second kappa shape index (κ2) is 6.98. The van der Waals surface area contributed by atoms with Crippen LogP contribution in [0.4, 0.5) is 4.39 Å². The van der Waals surface area contributed by atoms with E-state index in [0.717, 1.165) is 6.07 Å². The van der Waals surface area contributed by atoms with E-state index in [2.05, 4.69) is 0 Å². The number of carboxylic acid groups (broad SMARTS) is 1. The van der Waals surface area contributed by atoms with Gasteiger partial charge in [-0.25, -0.2) is 17.6 Å². The van der Waals surface area contributed by atoms with Gasteiger partial charge < -0.3 is 14.9 Å². The molecule has 0 aliphatic heterocycles. The van der Waals surface area contributed by atoms with E-state index in [0.29, 0.717) is 6.07 Å². The molecule has 0 saturated carbocycles. The molecule has 0 saturated heterocycles. The summed E-state index contributed by atoms with van der Waals surface area (Å²) in [5, 5.41) is 16.7. The van der Waals surface area contributed by atoms with Crippen molar-refractivity contribution in [2.45, 2.75) is 4.90 Å². The normalized spacial score (nSPS) is 11.6. The Morgan fingerprint density at radius 1 is 1.35 bits per heavy atom. The molecule has 9 heteroatoms. The standard InChI is InChI=1S/C11H12ClFO6S/c12-10-8(11(15)16)5-7(6-9(10)13)20(17,18)4-3-19-2-1-14/h5-6,14H,1-4H2,(H,15,16). The summed E-state index contributed by atoms with van der Waals surface area (Å²) in [6.07, 6.45) is 0. The number of hydrogen-bond acceptors (Lipinski definition) is 5. The topological polar surface area (TPSA) is 101 Å². The van der Waals surface area contributed by atoms with Gasteiger partial charge >= 0.3 is 5.97 Å². The zero-order valence-electron chi connectivity index (χ0n) is 10.2. The highest BCUT2D eigenvalue weighted by atomic mass is 35.5. The average molecular weight is 327 g/mol. The molecule has 0 aromatic heterocycles. The molecule has 1 aromatic carbocycles. The molecule has 0 bridgehead atoms. The lowest BCUT2D eigenvalue weighted by Gasteiger charge is -2.08. The van der Waals surface area contributed by atoms with Crippen molar-refractivity contribution in [1.29, 1.82) is 0 Å². The second-order valence-electron chi connectivity index (χ2n) is 3.73. The van der Waals surface area contributed by atoms with Crippen molar-refractivity contribution in [1.82, 2.24) is 0 Å². The Balaban J connectivity index is 3.04. The summed E-state index contributed by atoms with van der Waals surface area (Å²) >= 11 is 5.45.